The summed E-state index contributed by atoms with van der Waals surface area (Å²) in [6.07, 6.45) is 2.93. The van der Waals surface area contributed by atoms with Gasteiger partial charge in [0.1, 0.15) is 5.58 Å². The van der Waals surface area contributed by atoms with Gasteiger partial charge in [-0.2, -0.15) is 0 Å². The molecule has 20 heavy (non-hydrogen) atoms. The lowest BCUT2D eigenvalue weighted by molar-refractivity contribution is 0.601. The van der Waals surface area contributed by atoms with Crippen LogP contribution in [-0.4, -0.2) is 0 Å². The van der Waals surface area contributed by atoms with Crippen molar-refractivity contribution < 1.29 is 4.42 Å². The molecule has 0 aliphatic heterocycles. The minimum atomic E-state index is 0.828. The minimum Gasteiger partial charge on any atom is -0.464 e. The van der Waals surface area contributed by atoms with E-state index in [1.54, 1.807) is 0 Å². The second-order valence-electron chi connectivity index (χ2n) is 4.98. The van der Waals surface area contributed by atoms with Gasteiger partial charge in [-0.05, 0) is 23.6 Å². The highest BCUT2D eigenvalue weighted by molar-refractivity contribution is 5.80. The van der Waals surface area contributed by atoms with Crippen LogP contribution in [0.3, 0.4) is 0 Å². The lowest BCUT2D eigenvalue weighted by atomic mass is 10.1. The van der Waals surface area contributed by atoms with Crippen LogP contribution >= 0.6 is 0 Å². The fourth-order valence-corrected chi connectivity index (χ4v) is 2.58. The predicted octanol–water partition coefficient (Wildman–Crippen LogP) is 4.29. The first-order valence-electron chi connectivity index (χ1n) is 7.11. The van der Waals surface area contributed by atoms with Crippen LogP contribution in [0, 0.1) is 0 Å². The summed E-state index contributed by atoms with van der Waals surface area (Å²) >= 11 is 0. The molecule has 0 radical (unpaired) electrons. The van der Waals surface area contributed by atoms with Crippen molar-refractivity contribution in [2.45, 2.75) is 26.4 Å². The van der Waals surface area contributed by atoms with Gasteiger partial charge in [0.05, 0.1) is 6.26 Å². The Balaban J connectivity index is 1.68. The van der Waals surface area contributed by atoms with E-state index >= 15 is 0 Å². The van der Waals surface area contributed by atoms with Crippen LogP contribution in [0.5, 0.6) is 0 Å². The third-order valence-electron chi connectivity index (χ3n) is 3.69. The number of nitrogens with one attached hydrogen (secondary N) is 1. The quantitative estimate of drug-likeness (QED) is 0.744. The predicted molar refractivity (Wildman–Crippen MR) is 82.6 cm³/mol. The summed E-state index contributed by atoms with van der Waals surface area (Å²) in [7, 11) is 0. The zero-order valence-corrected chi connectivity index (χ0v) is 11.7. The molecule has 0 amide bonds. The van der Waals surface area contributed by atoms with Gasteiger partial charge in [-0.25, -0.2) is 0 Å². The van der Waals surface area contributed by atoms with Crippen LogP contribution in [0.2, 0.25) is 0 Å². The van der Waals surface area contributed by atoms with Gasteiger partial charge in [-0.15, -0.1) is 0 Å². The van der Waals surface area contributed by atoms with Gasteiger partial charge in [0.2, 0.25) is 0 Å². The fraction of sp³-hybridized carbons (Fsp3) is 0.222. The number of rotatable bonds is 5. The molecule has 0 atom stereocenters. The molecule has 2 aromatic carbocycles. The van der Waals surface area contributed by atoms with Gasteiger partial charge in [-0.1, -0.05) is 49.4 Å². The Morgan fingerprint density at radius 1 is 0.850 bits per heavy atom. The summed E-state index contributed by atoms with van der Waals surface area (Å²) in [6.45, 7) is 3.92. The van der Waals surface area contributed by atoms with E-state index in [2.05, 4.69) is 42.6 Å². The zero-order valence-electron chi connectivity index (χ0n) is 11.7. The molecule has 0 aliphatic rings. The summed E-state index contributed by atoms with van der Waals surface area (Å²) in [5.41, 5.74) is 4.97. The summed E-state index contributed by atoms with van der Waals surface area (Å²) in [6, 6.07) is 16.8. The summed E-state index contributed by atoms with van der Waals surface area (Å²) in [4.78, 5) is 0. The summed E-state index contributed by atoms with van der Waals surface area (Å²) in [5, 5.41) is 4.71. The Kier molecular flexibility index (Phi) is 3.84. The van der Waals surface area contributed by atoms with E-state index in [1.807, 2.05) is 24.5 Å². The Morgan fingerprint density at radius 2 is 1.55 bits per heavy atom. The largest absolute Gasteiger partial charge is 0.464 e. The number of benzene rings is 2. The molecule has 0 saturated carbocycles. The Hall–Kier alpha value is -2.06. The first-order valence-corrected chi connectivity index (χ1v) is 7.11. The van der Waals surface area contributed by atoms with E-state index in [-0.39, 0.29) is 0 Å². The second-order valence-corrected chi connectivity index (χ2v) is 4.98. The summed E-state index contributed by atoms with van der Waals surface area (Å²) in [5.74, 6) is 0. The van der Waals surface area contributed by atoms with Crippen LogP contribution in [0.1, 0.15) is 23.6 Å². The minimum absolute atomic E-state index is 0.828. The number of furan rings is 1. The van der Waals surface area contributed by atoms with E-state index in [0.29, 0.717) is 0 Å². The van der Waals surface area contributed by atoms with Gasteiger partial charge in [0.15, 0.2) is 0 Å². The van der Waals surface area contributed by atoms with Crippen molar-refractivity contribution in [1.29, 1.82) is 0 Å². The zero-order chi connectivity index (χ0) is 13.8. The van der Waals surface area contributed by atoms with E-state index in [9.17, 15) is 0 Å². The monoisotopic (exact) mass is 265 g/mol. The highest BCUT2D eigenvalue weighted by atomic mass is 16.3. The molecule has 1 N–H and O–H groups in total. The Bertz CT molecular complexity index is 699. The average molecular weight is 265 g/mol. The van der Waals surface area contributed by atoms with Crippen molar-refractivity contribution in [1.82, 2.24) is 5.32 Å². The number of hydrogen-bond donors (Lipinski definition) is 1. The summed E-state index contributed by atoms with van der Waals surface area (Å²) < 4.78 is 5.56. The van der Waals surface area contributed by atoms with Crippen molar-refractivity contribution >= 4 is 11.0 Å². The highest BCUT2D eigenvalue weighted by Crippen LogP contribution is 2.20. The molecule has 0 saturated heterocycles. The molecular weight excluding hydrogens is 246 g/mol. The molecule has 0 bridgehead atoms. The Morgan fingerprint density at radius 3 is 2.40 bits per heavy atom. The topological polar surface area (TPSA) is 25.2 Å². The number of aryl methyl sites for hydroxylation is 1. The lowest BCUT2D eigenvalue weighted by Gasteiger charge is -2.08. The maximum absolute atomic E-state index is 5.56. The molecule has 0 spiro atoms. The molecule has 1 heterocycles. The van der Waals surface area contributed by atoms with Crippen LogP contribution in [0.15, 0.2) is 59.2 Å². The van der Waals surface area contributed by atoms with Crippen molar-refractivity contribution in [3.63, 3.8) is 0 Å². The van der Waals surface area contributed by atoms with Crippen LogP contribution in [0.25, 0.3) is 11.0 Å². The first kappa shape index (κ1) is 12.9. The molecule has 3 aromatic rings. The van der Waals surface area contributed by atoms with Crippen molar-refractivity contribution in [2.24, 2.45) is 0 Å². The van der Waals surface area contributed by atoms with Crippen LogP contribution in [0.4, 0.5) is 0 Å². The van der Waals surface area contributed by atoms with Crippen molar-refractivity contribution in [2.75, 3.05) is 0 Å². The van der Waals surface area contributed by atoms with Gasteiger partial charge in [-0.3, -0.25) is 0 Å². The van der Waals surface area contributed by atoms with E-state index < -0.39 is 0 Å². The highest BCUT2D eigenvalue weighted by Gasteiger charge is 2.05. The second kappa shape index (κ2) is 5.93. The third-order valence-corrected chi connectivity index (χ3v) is 3.69. The molecular formula is C18H19NO. The lowest BCUT2D eigenvalue weighted by Crippen LogP contribution is -2.13. The van der Waals surface area contributed by atoms with Crippen LogP contribution < -0.4 is 5.32 Å². The molecule has 1 aromatic heterocycles. The normalized spacial score (nSPS) is 11.1. The SMILES string of the molecule is CCc1ccccc1CNCc1coc2ccccc12. The average Bonchev–Trinajstić information content (AvgIpc) is 2.91. The van der Waals surface area contributed by atoms with Crippen molar-refractivity contribution in [3.05, 3.63) is 71.5 Å². The fourth-order valence-electron chi connectivity index (χ4n) is 2.58. The van der Waals surface area contributed by atoms with Gasteiger partial charge >= 0.3 is 0 Å². The molecule has 3 rings (SSSR count). The first-order chi connectivity index (χ1) is 9.88. The molecule has 0 fully saturated rings. The number of fused-ring (bicyclic) bond motifs is 1. The van der Waals surface area contributed by atoms with Crippen molar-refractivity contribution in [3.8, 4) is 0 Å². The van der Waals surface area contributed by atoms with Gasteiger partial charge in [0, 0.05) is 24.0 Å². The molecule has 2 heteroatoms. The van der Waals surface area contributed by atoms with E-state index in [4.69, 9.17) is 4.42 Å². The number of para-hydroxylation sites is 1. The molecule has 0 aliphatic carbocycles. The molecule has 2 nitrogen and oxygen atoms in total. The smallest absolute Gasteiger partial charge is 0.134 e. The van der Waals surface area contributed by atoms with E-state index in [1.165, 1.54) is 22.1 Å². The maximum atomic E-state index is 5.56. The van der Waals surface area contributed by atoms with Gasteiger partial charge < -0.3 is 9.73 Å². The molecule has 102 valence electrons. The third kappa shape index (κ3) is 2.61. The van der Waals surface area contributed by atoms with Crippen LogP contribution in [-0.2, 0) is 19.5 Å². The maximum Gasteiger partial charge on any atom is 0.134 e. The van der Waals surface area contributed by atoms with Gasteiger partial charge in [0.25, 0.3) is 0 Å². The number of hydrogen-bond acceptors (Lipinski definition) is 2. The standard InChI is InChI=1S/C18H19NO/c1-2-14-7-3-4-8-15(14)11-19-12-16-13-20-18-10-6-5-9-17(16)18/h3-10,13,19H,2,11-12H2,1H3. The van der Waals surface area contributed by atoms with E-state index in [0.717, 1.165) is 25.1 Å². The Labute approximate surface area is 119 Å². The molecule has 0 unspecified atom stereocenters.